The van der Waals surface area contributed by atoms with Gasteiger partial charge in [-0.1, -0.05) is 13.8 Å². The minimum absolute atomic E-state index is 0.120. The fourth-order valence-corrected chi connectivity index (χ4v) is 6.08. The van der Waals surface area contributed by atoms with Crippen molar-refractivity contribution in [1.82, 2.24) is 77.8 Å². The van der Waals surface area contributed by atoms with E-state index in [1.165, 1.54) is 37.6 Å². The number of carboxylic acids is 1. The Morgan fingerprint density at radius 2 is 0.971 bits per heavy atom. The molecule has 3 heterocycles. The number of hydrogen-bond acceptors (Lipinski definition) is 16. The molecule has 0 fully saturated rings. The number of aliphatic hydroxyl groups excluding tert-OH is 1. The molecule has 376 valence electrons. The van der Waals surface area contributed by atoms with Crippen LogP contribution >= 0.6 is 0 Å². The zero-order valence-corrected chi connectivity index (χ0v) is 37.5. The van der Waals surface area contributed by atoms with Gasteiger partial charge in [0.2, 0.25) is 59.1 Å². The number of nitrogens with zero attached hydrogens (tertiary/aromatic N) is 3. The summed E-state index contributed by atoms with van der Waals surface area (Å²) in [6.07, 6.45) is 7.20. The van der Waals surface area contributed by atoms with Gasteiger partial charge in [-0.25, -0.2) is 15.0 Å². The Balaban J connectivity index is 1.57. The highest BCUT2D eigenvalue weighted by atomic mass is 16.4. The summed E-state index contributed by atoms with van der Waals surface area (Å²) in [5.41, 5.74) is 12.5. The van der Waals surface area contributed by atoms with Crippen molar-refractivity contribution >= 4 is 65.0 Å². The van der Waals surface area contributed by atoms with Gasteiger partial charge >= 0.3 is 5.97 Å². The number of hydrogen-bond donors (Lipinski definition) is 16. The number of amides is 10. The number of imidazole rings is 3. The first kappa shape index (κ1) is 55.1. The largest absolute Gasteiger partial charge is 0.480 e. The molecular formula is C39H57N17O13. The summed E-state index contributed by atoms with van der Waals surface area (Å²) in [4.78, 5) is 160. The summed E-state index contributed by atoms with van der Waals surface area (Å²) in [5.74, 6) is -10.7. The Hall–Kier alpha value is -8.28. The van der Waals surface area contributed by atoms with Crippen LogP contribution in [0.4, 0.5) is 0 Å². The first-order valence-electron chi connectivity index (χ1n) is 21.1. The third-order valence-corrected chi connectivity index (χ3v) is 9.67. The Kier molecular flexibility index (Phi) is 22.4. The van der Waals surface area contributed by atoms with Gasteiger partial charge in [-0.05, 0) is 12.3 Å². The first-order chi connectivity index (χ1) is 32.8. The normalized spacial score (nSPS) is 13.5. The summed E-state index contributed by atoms with van der Waals surface area (Å²) in [6, 6.07) is -8.13. The minimum atomic E-state index is -1.61. The lowest BCUT2D eigenvalue weighted by Gasteiger charge is -2.25. The van der Waals surface area contributed by atoms with Gasteiger partial charge in [0.1, 0.15) is 36.8 Å². The van der Waals surface area contributed by atoms with Gasteiger partial charge in [-0.2, -0.15) is 0 Å². The molecule has 0 spiro atoms. The lowest BCUT2D eigenvalue weighted by atomic mass is 10.0. The quantitative estimate of drug-likeness (QED) is 0.0295. The van der Waals surface area contributed by atoms with E-state index in [2.05, 4.69) is 77.8 Å². The summed E-state index contributed by atoms with van der Waals surface area (Å²) >= 11 is 0. The van der Waals surface area contributed by atoms with Crippen LogP contribution in [0.1, 0.15) is 43.8 Å². The fraction of sp³-hybridized carbons (Fsp3) is 0.487. The van der Waals surface area contributed by atoms with Crippen LogP contribution in [0, 0.1) is 5.92 Å². The van der Waals surface area contributed by atoms with Crippen molar-refractivity contribution < 1.29 is 63.0 Å². The van der Waals surface area contributed by atoms with Gasteiger partial charge in [0.15, 0.2) is 0 Å². The number of H-pyrrole nitrogens is 3. The van der Waals surface area contributed by atoms with Crippen LogP contribution in [0.5, 0.6) is 0 Å². The molecule has 6 atom stereocenters. The number of carbonyl (C=O) groups excluding carboxylic acids is 10. The molecule has 18 N–H and O–H groups in total. The lowest BCUT2D eigenvalue weighted by molar-refractivity contribution is -0.138. The van der Waals surface area contributed by atoms with E-state index in [9.17, 15) is 57.8 Å². The molecule has 0 bridgehead atoms. The van der Waals surface area contributed by atoms with Crippen LogP contribution in [0.25, 0.3) is 0 Å². The van der Waals surface area contributed by atoms with E-state index >= 15 is 0 Å². The number of carbonyl (C=O) groups is 11. The Morgan fingerprint density at radius 1 is 0.551 bits per heavy atom. The Bertz CT molecular complexity index is 2220. The number of primary amides is 1. The molecule has 0 aliphatic carbocycles. The molecule has 30 heteroatoms. The molecule has 3 aromatic heterocycles. The number of aliphatic carboxylic acids is 1. The van der Waals surface area contributed by atoms with Gasteiger partial charge in [0, 0.05) is 61.4 Å². The molecule has 3 aromatic rings. The molecule has 0 aliphatic rings. The first-order valence-corrected chi connectivity index (χ1v) is 21.1. The van der Waals surface area contributed by atoms with Crippen molar-refractivity contribution in [2.75, 3.05) is 32.8 Å². The van der Waals surface area contributed by atoms with Crippen molar-refractivity contribution in [2.45, 2.75) is 82.2 Å². The maximum Gasteiger partial charge on any atom is 0.322 e. The van der Waals surface area contributed by atoms with Crippen molar-refractivity contribution in [3.8, 4) is 0 Å². The molecule has 0 unspecified atom stereocenters. The predicted molar refractivity (Wildman–Crippen MR) is 235 cm³/mol. The molecule has 0 saturated carbocycles. The van der Waals surface area contributed by atoms with Crippen molar-refractivity contribution in [2.24, 2.45) is 17.4 Å². The molecule has 10 amide bonds. The van der Waals surface area contributed by atoms with Crippen molar-refractivity contribution in [3.05, 3.63) is 54.7 Å². The monoisotopic (exact) mass is 971 g/mol. The molecule has 0 saturated heterocycles. The maximum absolute atomic E-state index is 13.4. The van der Waals surface area contributed by atoms with Crippen LogP contribution in [-0.2, 0) is 72.0 Å². The zero-order valence-electron chi connectivity index (χ0n) is 37.5. The number of carboxylic acid groups (broad SMARTS) is 1. The highest BCUT2D eigenvalue weighted by Crippen LogP contribution is 2.06. The summed E-state index contributed by atoms with van der Waals surface area (Å²) in [7, 11) is 0. The van der Waals surface area contributed by atoms with Gasteiger partial charge < -0.3 is 84.5 Å². The second-order valence-electron chi connectivity index (χ2n) is 15.6. The number of aromatic amines is 3. The number of nitrogens with one attached hydrogen (secondary N) is 12. The maximum atomic E-state index is 13.4. The summed E-state index contributed by atoms with van der Waals surface area (Å²) in [6.45, 7) is -0.627. The summed E-state index contributed by atoms with van der Waals surface area (Å²) < 4.78 is 0. The molecular weight excluding hydrogens is 915 g/mol. The lowest BCUT2D eigenvalue weighted by Crippen LogP contribution is -2.58. The van der Waals surface area contributed by atoms with E-state index < -0.39 is 146 Å². The predicted octanol–water partition coefficient (Wildman–Crippen LogP) is -7.90. The van der Waals surface area contributed by atoms with Gasteiger partial charge in [-0.3, -0.25) is 52.7 Å². The van der Waals surface area contributed by atoms with E-state index in [1.54, 1.807) is 13.8 Å². The average Bonchev–Trinajstić information content (AvgIpc) is 4.13. The number of aromatic nitrogens is 6. The van der Waals surface area contributed by atoms with Gasteiger partial charge in [0.05, 0.1) is 51.3 Å². The molecule has 0 aliphatic heterocycles. The second kappa shape index (κ2) is 28.0. The van der Waals surface area contributed by atoms with Crippen LogP contribution in [0.15, 0.2) is 37.6 Å². The fourth-order valence-electron chi connectivity index (χ4n) is 6.08. The SMILES string of the molecule is CC(C)[C@H](NC(=O)CNC(=O)[C@@H](N)Cc1cnc[nH]1)C(=O)N[C@@H](CO)C(=O)NCC(=O)N[C@@H](Cc1cnc[nH]1)C(=O)NCC(=O)N[C@@H](CCC(N)=O)C(=O)N[C@@H](Cc1cnc[nH]1)C(=O)NCC(=O)O. The Morgan fingerprint density at radius 3 is 1.42 bits per heavy atom. The van der Waals surface area contributed by atoms with Crippen LogP contribution in [0.3, 0.4) is 0 Å². The van der Waals surface area contributed by atoms with E-state index in [0.29, 0.717) is 17.1 Å². The molecule has 69 heavy (non-hydrogen) atoms. The van der Waals surface area contributed by atoms with Crippen LogP contribution in [-0.4, -0.2) is 174 Å². The molecule has 0 aromatic carbocycles. The van der Waals surface area contributed by atoms with E-state index in [4.69, 9.17) is 16.6 Å². The standard InChI is InChI=1S/C39H57N17O13/c1-19(2)33(56-31(61)13-45-34(64)23(40)5-20-8-42-16-49-20)39(69)55-27(15-57)37(67)47-12-30(60)53-25(6-21-9-43-17-50-21)35(65)46-11-29(59)52-24(3-4-28(41)58)38(68)54-26(7-22-10-44-18-51-22)36(66)48-14-32(62)63/h8-10,16-19,23-27,33,57H,3-7,11-15,40H2,1-2H3,(H2,41,58)(H,42,49)(H,43,50)(H,44,51)(H,45,64)(H,46,65)(H,47,67)(H,48,66)(H,52,59)(H,53,60)(H,54,68)(H,55,69)(H,56,61)(H,62,63)/t23-,24-,25-,26-,27-,33-/m0/s1. The highest BCUT2D eigenvalue weighted by Gasteiger charge is 2.31. The topological polar surface area (TPSA) is 475 Å². The number of rotatable bonds is 30. The Labute approximate surface area is 392 Å². The highest BCUT2D eigenvalue weighted by molar-refractivity contribution is 5.97. The minimum Gasteiger partial charge on any atom is -0.480 e. The van der Waals surface area contributed by atoms with E-state index in [-0.39, 0.29) is 25.7 Å². The van der Waals surface area contributed by atoms with E-state index in [0.717, 1.165) is 0 Å². The zero-order chi connectivity index (χ0) is 51.0. The summed E-state index contributed by atoms with van der Waals surface area (Å²) in [5, 5.41) is 39.9. The number of aliphatic hydroxyl groups is 1. The molecule has 30 nitrogen and oxygen atoms in total. The third kappa shape index (κ3) is 20.0. The van der Waals surface area contributed by atoms with Gasteiger partial charge in [0.25, 0.3) is 0 Å². The van der Waals surface area contributed by atoms with Crippen molar-refractivity contribution in [3.63, 3.8) is 0 Å². The molecule has 3 rings (SSSR count). The molecule has 0 radical (unpaired) electrons. The van der Waals surface area contributed by atoms with Crippen LogP contribution in [0.2, 0.25) is 0 Å². The van der Waals surface area contributed by atoms with Crippen LogP contribution < -0.4 is 59.3 Å². The van der Waals surface area contributed by atoms with E-state index in [1.807, 2.05) is 0 Å². The third-order valence-electron chi connectivity index (χ3n) is 9.67. The van der Waals surface area contributed by atoms with Gasteiger partial charge in [-0.15, -0.1) is 0 Å². The average molecular weight is 972 g/mol. The second-order valence-corrected chi connectivity index (χ2v) is 15.6. The smallest absolute Gasteiger partial charge is 0.322 e. The van der Waals surface area contributed by atoms with Crippen molar-refractivity contribution in [1.29, 1.82) is 0 Å². The number of nitrogens with two attached hydrogens (primary N) is 2.